The number of carboxylic acid groups (broad SMARTS) is 1. The van der Waals surface area contributed by atoms with Crippen LogP contribution in [0.1, 0.15) is 13.3 Å². The van der Waals surface area contributed by atoms with E-state index in [0.717, 1.165) is 11.8 Å². The molecular formula is C8H11F2NO2S. The molecule has 1 N–H and O–H groups in total. The maximum Gasteiger partial charge on any atom is 0.344 e. The van der Waals surface area contributed by atoms with E-state index in [4.69, 9.17) is 5.11 Å². The molecule has 0 bridgehead atoms. The maximum atomic E-state index is 12.5. The van der Waals surface area contributed by atoms with Crippen molar-refractivity contribution in [1.82, 2.24) is 4.90 Å². The molecule has 1 atom stereocenters. The Morgan fingerprint density at radius 2 is 2.29 bits per heavy atom. The molecule has 0 fully saturated rings. The monoisotopic (exact) mass is 223 g/mol. The lowest BCUT2D eigenvalue weighted by atomic mass is 10.3. The van der Waals surface area contributed by atoms with Gasteiger partial charge in [0, 0.05) is 7.05 Å². The van der Waals surface area contributed by atoms with Gasteiger partial charge in [-0.05, 0) is 6.42 Å². The molecule has 0 saturated heterocycles. The van der Waals surface area contributed by atoms with Gasteiger partial charge in [-0.2, -0.15) is 0 Å². The Bertz CT molecular complexity index is 281. The summed E-state index contributed by atoms with van der Waals surface area (Å²) in [6.07, 6.45) is -2.09. The van der Waals surface area contributed by atoms with Crippen molar-refractivity contribution in [3.8, 4) is 0 Å². The molecule has 6 heteroatoms. The molecule has 80 valence electrons. The summed E-state index contributed by atoms with van der Waals surface area (Å²) < 4.78 is 25.1. The molecule has 0 radical (unpaired) electrons. The van der Waals surface area contributed by atoms with Crippen LogP contribution in [0.3, 0.4) is 0 Å². The zero-order chi connectivity index (χ0) is 10.9. The molecule has 0 aromatic carbocycles. The molecule has 0 aromatic rings. The van der Waals surface area contributed by atoms with Crippen LogP contribution >= 0.6 is 11.8 Å². The van der Waals surface area contributed by atoms with E-state index in [1.807, 2.05) is 6.92 Å². The predicted octanol–water partition coefficient (Wildman–Crippen LogP) is 1.96. The van der Waals surface area contributed by atoms with Gasteiger partial charge in [0.25, 0.3) is 6.43 Å². The van der Waals surface area contributed by atoms with Crippen LogP contribution in [-0.2, 0) is 4.79 Å². The summed E-state index contributed by atoms with van der Waals surface area (Å²) in [5, 5.41) is 8.54. The van der Waals surface area contributed by atoms with Crippen LogP contribution in [0, 0.1) is 0 Å². The van der Waals surface area contributed by atoms with Gasteiger partial charge in [-0.25, -0.2) is 13.6 Å². The first kappa shape index (κ1) is 11.3. The third-order valence-corrected chi connectivity index (χ3v) is 3.59. The molecule has 0 saturated carbocycles. The Labute approximate surface area is 84.8 Å². The Balaban J connectivity index is 3.00. The molecule has 1 rings (SSSR count). The Hall–Kier alpha value is -0.780. The van der Waals surface area contributed by atoms with Crippen LogP contribution < -0.4 is 0 Å². The van der Waals surface area contributed by atoms with Crippen molar-refractivity contribution in [2.45, 2.75) is 25.1 Å². The molecule has 0 aliphatic carbocycles. The summed E-state index contributed by atoms with van der Waals surface area (Å²) in [7, 11) is 1.50. The molecule has 14 heavy (non-hydrogen) atoms. The number of aliphatic carboxylic acids is 1. The van der Waals surface area contributed by atoms with E-state index in [0.29, 0.717) is 6.42 Å². The summed E-state index contributed by atoms with van der Waals surface area (Å²) >= 11 is 0.989. The zero-order valence-electron chi connectivity index (χ0n) is 7.83. The van der Waals surface area contributed by atoms with Crippen LogP contribution in [0.15, 0.2) is 10.6 Å². The average molecular weight is 223 g/mol. The van der Waals surface area contributed by atoms with Gasteiger partial charge in [0.05, 0.1) is 5.37 Å². The molecule has 1 aliphatic heterocycles. The van der Waals surface area contributed by atoms with E-state index in [1.54, 1.807) is 0 Å². The number of hydrogen-bond donors (Lipinski definition) is 1. The number of allylic oxidation sites excluding steroid dienone is 1. The van der Waals surface area contributed by atoms with E-state index in [2.05, 4.69) is 0 Å². The van der Waals surface area contributed by atoms with Crippen LogP contribution in [0.25, 0.3) is 0 Å². The third-order valence-electron chi connectivity index (χ3n) is 2.05. The largest absolute Gasteiger partial charge is 0.477 e. The molecule has 0 spiro atoms. The third kappa shape index (κ3) is 1.84. The summed E-state index contributed by atoms with van der Waals surface area (Å²) in [6, 6.07) is 0. The van der Waals surface area contributed by atoms with Gasteiger partial charge in [0.15, 0.2) is 0 Å². The van der Waals surface area contributed by atoms with Crippen molar-refractivity contribution in [3.05, 3.63) is 10.6 Å². The zero-order valence-corrected chi connectivity index (χ0v) is 8.65. The van der Waals surface area contributed by atoms with E-state index in [-0.39, 0.29) is 16.0 Å². The van der Waals surface area contributed by atoms with Crippen molar-refractivity contribution in [2.24, 2.45) is 0 Å². The fourth-order valence-corrected chi connectivity index (χ4v) is 2.53. The van der Waals surface area contributed by atoms with Crippen molar-refractivity contribution in [3.63, 3.8) is 0 Å². The number of carboxylic acids is 1. The highest BCUT2D eigenvalue weighted by Crippen LogP contribution is 2.40. The fourth-order valence-electron chi connectivity index (χ4n) is 1.36. The first-order valence-corrected chi connectivity index (χ1v) is 5.02. The molecule has 0 aromatic heterocycles. The number of thioether (sulfide) groups is 1. The molecule has 0 amide bonds. The lowest BCUT2D eigenvalue weighted by Gasteiger charge is -2.22. The van der Waals surface area contributed by atoms with Crippen molar-refractivity contribution >= 4 is 17.7 Å². The highest BCUT2D eigenvalue weighted by Gasteiger charge is 2.36. The minimum atomic E-state index is -2.73. The van der Waals surface area contributed by atoms with E-state index in [9.17, 15) is 13.6 Å². The molecule has 3 nitrogen and oxygen atoms in total. The smallest absolute Gasteiger partial charge is 0.344 e. The van der Waals surface area contributed by atoms with E-state index < -0.39 is 12.4 Å². The van der Waals surface area contributed by atoms with Crippen molar-refractivity contribution in [2.75, 3.05) is 7.05 Å². The minimum Gasteiger partial charge on any atom is -0.477 e. The Morgan fingerprint density at radius 3 is 2.57 bits per heavy atom. The summed E-state index contributed by atoms with van der Waals surface area (Å²) in [5.41, 5.74) is -0.366. The molecule has 1 heterocycles. The van der Waals surface area contributed by atoms with Gasteiger partial charge in [-0.3, -0.25) is 0 Å². The average Bonchev–Trinajstić information content (AvgIpc) is 2.42. The number of alkyl halides is 2. The molecule has 1 unspecified atom stereocenters. The topological polar surface area (TPSA) is 40.5 Å². The first-order valence-electron chi connectivity index (χ1n) is 4.14. The number of hydrogen-bond acceptors (Lipinski definition) is 3. The summed E-state index contributed by atoms with van der Waals surface area (Å²) in [4.78, 5) is 11.8. The number of carbonyl (C=O) groups is 1. The predicted molar refractivity (Wildman–Crippen MR) is 50.1 cm³/mol. The standard InChI is InChI=1S/C8H11F2NO2S/c1-3-4-11(2)5(7(9)10)6(14-4)8(12)13/h4,7H,3H2,1-2H3,(H,12,13). The van der Waals surface area contributed by atoms with E-state index >= 15 is 0 Å². The van der Waals surface area contributed by atoms with Gasteiger partial charge >= 0.3 is 5.97 Å². The quantitative estimate of drug-likeness (QED) is 0.794. The normalized spacial score (nSPS) is 22.4. The van der Waals surface area contributed by atoms with Crippen molar-refractivity contribution < 1.29 is 18.7 Å². The highest BCUT2D eigenvalue weighted by molar-refractivity contribution is 8.04. The van der Waals surface area contributed by atoms with Gasteiger partial charge < -0.3 is 10.0 Å². The number of nitrogens with zero attached hydrogens (tertiary/aromatic N) is 1. The lowest BCUT2D eigenvalue weighted by Crippen LogP contribution is -2.26. The summed E-state index contributed by atoms with van der Waals surface area (Å²) in [5.74, 6) is -1.27. The lowest BCUT2D eigenvalue weighted by molar-refractivity contribution is -0.132. The molecular weight excluding hydrogens is 212 g/mol. The van der Waals surface area contributed by atoms with Crippen LogP contribution in [0.4, 0.5) is 8.78 Å². The second kappa shape index (κ2) is 4.16. The van der Waals surface area contributed by atoms with Crippen LogP contribution in [0.2, 0.25) is 0 Å². The Morgan fingerprint density at radius 1 is 1.71 bits per heavy atom. The SMILES string of the molecule is CCC1SC(C(=O)O)=C(C(F)F)N1C. The second-order valence-corrected chi connectivity index (χ2v) is 4.10. The van der Waals surface area contributed by atoms with Crippen LogP contribution in [0.5, 0.6) is 0 Å². The minimum absolute atomic E-state index is 0.190. The number of rotatable bonds is 3. The fraction of sp³-hybridized carbons (Fsp3) is 0.625. The number of halogens is 2. The van der Waals surface area contributed by atoms with E-state index in [1.165, 1.54) is 11.9 Å². The molecule has 1 aliphatic rings. The van der Waals surface area contributed by atoms with Gasteiger partial charge in [0.1, 0.15) is 10.6 Å². The van der Waals surface area contributed by atoms with Crippen LogP contribution in [-0.4, -0.2) is 34.8 Å². The summed E-state index contributed by atoms with van der Waals surface area (Å²) in [6.45, 7) is 1.84. The highest BCUT2D eigenvalue weighted by atomic mass is 32.2. The Kier molecular flexibility index (Phi) is 3.36. The van der Waals surface area contributed by atoms with Gasteiger partial charge in [-0.1, -0.05) is 18.7 Å². The van der Waals surface area contributed by atoms with Crippen molar-refractivity contribution in [1.29, 1.82) is 0 Å². The van der Waals surface area contributed by atoms with Gasteiger partial charge in [0.2, 0.25) is 0 Å². The maximum absolute atomic E-state index is 12.5. The second-order valence-electron chi connectivity index (χ2n) is 2.91. The first-order chi connectivity index (χ1) is 6.49. The van der Waals surface area contributed by atoms with Gasteiger partial charge in [-0.15, -0.1) is 0 Å².